The highest BCUT2D eigenvalue weighted by Gasteiger charge is 2.28. The second-order valence-corrected chi connectivity index (χ2v) is 7.82. The number of hydrogen-bond donors (Lipinski definition) is 1. The van der Waals surface area contributed by atoms with Crippen molar-refractivity contribution in [3.8, 4) is 16.6 Å². The Hall–Kier alpha value is -2.85. The number of H-pyrrole nitrogens is 1. The average Bonchev–Trinajstić information content (AvgIpc) is 3.37. The molecule has 10 heteroatoms. The van der Waals surface area contributed by atoms with Crippen molar-refractivity contribution < 1.29 is 19.0 Å². The molecule has 29 heavy (non-hydrogen) atoms. The highest BCUT2D eigenvalue weighted by molar-refractivity contribution is 7.11. The molecule has 0 spiro atoms. The van der Waals surface area contributed by atoms with E-state index >= 15 is 0 Å². The topological polar surface area (TPSA) is 92.8 Å². The van der Waals surface area contributed by atoms with Crippen LogP contribution in [0, 0.1) is 0 Å². The molecule has 0 bridgehead atoms. The Morgan fingerprint density at radius 2 is 2.14 bits per heavy atom. The van der Waals surface area contributed by atoms with E-state index < -0.39 is 0 Å². The van der Waals surface area contributed by atoms with Crippen molar-refractivity contribution in [3.63, 3.8) is 0 Å². The highest BCUT2D eigenvalue weighted by atomic mass is 32.1. The van der Waals surface area contributed by atoms with Gasteiger partial charge >= 0.3 is 6.09 Å². The SMILES string of the molecule is COc1nc(-c2cc3c(N4CCN(C(=O)OC5COC5)CC4)ccnc3[nH]2)cs1. The number of nitrogens with one attached hydrogen (secondary N) is 1. The first-order chi connectivity index (χ1) is 14.2. The zero-order valence-corrected chi connectivity index (χ0v) is 16.8. The number of anilines is 1. The summed E-state index contributed by atoms with van der Waals surface area (Å²) in [6, 6.07) is 4.09. The molecule has 152 valence electrons. The Kier molecular flexibility index (Phi) is 4.72. The number of fused-ring (bicyclic) bond motifs is 1. The van der Waals surface area contributed by atoms with Crippen LogP contribution in [-0.2, 0) is 9.47 Å². The van der Waals surface area contributed by atoms with Crippen LogP contribution in [0.4, 0.5) is 10.5 Å². The van der Waals surface area contributed by atoms with Crippen LogP contribution in [0.1, 0.15) is 0 Å². The van der Waals surface area contributed by atoms with Crippen LogP contribution >= 0.6 is 11.3 Å². The van der Waals surface area contributed by atoms with Gasteiger partial charge in [0, 0.05) is 48.8 Å². The molecule has 9 nitrogen and oxygen atoms in total. The van der Waals surface area contributed by atoms with E-state index in [1.165, 1.54) is 11.3 Å². The third-order valence-electron chi connectivity index (χ3n) is 5.20. The largest absolute Gasteiger partial charge is 0.473 e. The maximum atomic E-state index is 12.2. The summed E-state index contributed by atoms with van der Waals surface area (Å²) < 4.78 is 15.7. The van der Waals surface area contributed by atoms with E-state index in [0.717, 1.165) is 41.2 Å². The van der Waals surface area contributed by atoms with Crippen molar-refractivity contribution in [1.29, 1.82) is 0 Å². The van der Waals surface area contributed by atoms with Gasteiger partial charge in [0.1, 0.15) is 11.3 Å². The third kappa shape index (κ3) is 3.49. The molecular weight excluding hydrogens is 394 g/mol. The minimum Gasteiger partial charge on any atom is -0.473 e. The Morgan fingerprint density at radius 3 is 2.83 bits per heavy atom. The number of methoxy groups -OCH3 is 1. The van der Waals surface area contributed by atoms with Gasteiger partial charge in [-0.25, -0.2) is 14.8 Å². The number of aromatic amines is 1. The number of carbonyl (C=O) groups is 1. The first-order valence-corrected chi connectivity index (χ1v) is 10.3. The zero-order valence-electron chi connectivity index (χ0n) is 16.0. The Morgan fingerprint density at radius 1 is 1.31 bits per heavy atom. The van der Waals surface area contributed by atoms with Gasteiger partial charge in [0.05, 0.1) is 26.0 Å². The lowest BCUT2D eigenvalue weighted by Gasteiger charge is -2.37. The molecule has 5 heterocycles. The zero-order chi connectivity index (χ0) is 19.8. The van der Waals surface area contributed by atoms with Crippen LogP contribution in [0.15, 0.2) is 23.7 Å². The highest BCUT2D eigenvalue weighted by Crippen LogP contribution is 2.32. The molecule has 2 aliphatic rings. The summed E-state index contributed by atoms with van der Waals surface area (Å²) in [5, 5.41) is 3.63. The van der Waals surface area contributed by atoms with E-state index in [9.17, 15) is 4.79 Å². The fourth-order valence-electron chi connectivity index (χ4n) is 3.53. The van der Waals surface area contributed by atoms with E-state index in [-0.39, 0.29) is 12.2 Å². The number of carbonyl (C=O) groups excluding carboxylic acids is 1. The second kappa shape index (κ2) is 7.53. The molecule has 0 unspecified atom stereocenters. The van der Waals surface area contributed by atoms with Crippen molar-refractivity contribution in [2.45, 2.75) is 6.10 Å². The lowest BCUT2D eigenvalue weighted by Crippen LogP contribution is -2.51. The van der Waals surface area contributed by atoms with E-state index in [1.807, 2.05) is 11.4 Å². The minimum atomic E-state index is -0.251. The maximum Gasteiger partial charge on any atom is 0.410 e. The van der Waals surface area contributed by atoms with Gasteiger partial charge in [-0.1, -0.05) is 11.3 Å². The number of ether oxygens (including phenoxy) is 3. The molecule has 1 amide bonds. The molecule has 0 aromatic carbocycles. The monoisotopic (exact) mass is 415 g/mol. The number of rotatable bonds is 4. The summed E-state index contributed by atoms with van der Waals surface area (Å²) in [7, 11) is 1.61. The molecule has 0 aliphatic carbocycles. The van der Waals surface area contributed by atoms with Crippen LogP contribution in [0.25, 0.3) is 22.4 Å². The first-order valence-electron chi connectivity index (χ1n) is 9.47. The lowest BCUT2D eigenvalue weighted by atomic mass is 10.2. The van der Waals surface area contributed by atoms with Gasteiger partial charge in [-0.15, -0.1) is 0 Å². The molecular formula is C19H21N5O4S. The van der Waals surface area contributed by atoms with Gasteiger partial charge in [-0.2, -0.15) is 0 Å². The Labute approximate surface area is 171 Å². The Balaban J connectivity index is 1.32. The predicted octanol–water partition coefficient (Wildman–Crippen LogP) is 2.35. The normalized spacial score (nSPS) is 17.4. The molecule has 2 saturated heterocycles. The number of amides is 1. The van der Waals surface area contributed by atoms with Crippen LogP contribution in [0.2, 0.25) is 0 Å². The third-order valence-corrected chi connectivity index (χ3v) is 6.00. The van der Waals surface area contributed by atoms with Crippen molar-refractivity contribution in [1.82, 2.24) is 19.9 Å². The predicted molar refractivity (Wildman–Crippen MR) is 109 cm³/mol. The van der Waals surface area contributed by atoms with Gasteiger partial charge in [0.2, 0.25) is 0 Å². The van der Waals surface area contributed by atoms with Crippen molar-refractivity contribution in [2.75, 3.05) is 51.4 Å². The van der Waals surface area contributed by atoms with E-state index in [1.54, 1.807) is 18.2 Å². The van der Waals surface area contributed by atoms with Crippen molar-refractivity contribution in [2.24, 2.45) is 0 Å². The number of hydrogen-bond acceptors (Lipinski definition) is 8. The van der Waals surface area contributed by atoms with E-state index in [2.05, 4.69) is 25.9 Å². The average molecular weight is 415 g/mol. The Bertz CT molecular complexity index is 1020. The maximum absolute atomic E-state index is 12.2. The standard InChI is InChI=1S/C19H21N5O4S/c1-26-18-22-15(11-29-18)14-8-13-16(2-3-20-17(13)21-14)23-4-6-24(7-5-23)19(25)28-12-9-27-10-12/h2-3,8,11-12H,4-7,9-10H2,1H3,(H,20,21). The van der Waals surface area contributed by atoms with E-state index in [0.29, 0.717) is 31.5 Å². The summed E-state index contributed by atoms with van der Waals surface area (Å²) in [6.07, 6.45) is 1.46. The second-order valence-electron chi connectivity index (χ2n) is 7.00. The summed E-state index contributed by atoms with van der Waals surface area (Å²) in [5.41, 5.74) is 3.66. The van der Waals surface area contributed by atoms with Crippen LogP contribution in [-0.4, -0.2) is 78.6 Å². The van der Waals surface area contributed by atoms with Gasteiger partial charge in [0.15, 0.2) is 6.10 Å². The number of thiazole rings is 1. The number of aromatic nitrogens is 3. The fraction of sp³-hybridized carbons (Fsp3) is 0.421. The molecule has 5 rings (SSSR count). The molecule has 2 aliphatic heterocycles. The fourth-order valence-corrected chi connectivity index (χ4v) is 4.17. The van der Waals surface area contributed by atoms with Crippen molar-refractivity contribution in [3.05, 3.63) is 23.7 Å². The summed E-state index contributed by atoms with van der Waals surface area (Å²) in [6.45, 7) is 3.72. The molecule has 3 aromatic rings. The molecule has 2 fully saturated rings. The van der Waals surface area contributed by atoms with E-state index in [4.69, 9.17) is 14.2 Å². The quantitative estimate of drug-likeness (QED) is 0.699. The molecule has 1 N–H and O–H groups in total. The number of nitrogens with zero attached hydrogens (tertiary/aromatic N) is 4. The van der Waals surface area contributed by atoms with Crippen LogP contribution < -0.4 is 9.64 Å². The van der Waals surface area contributed by atoms with Crippen molar-refractivity contribution >= 4 is 34.2 Å². The summed E-state index contributed by atoms with van der Waals surface area (Å²) in [4.78, 5) is 28.6. The first kappa shape index (κ1) is 18.2. The molecule has 3 aromatic heterocycles. The summed E-state index contributed by atoms with van der Waals surface area (Å²) >= 11 is 1.46. The minimum absolute atomic E-state index is 0.0945. The lowest BCUT2D eigenvalue weighted by molar-refractivity contribution is -0.104. The smallest absolute Gasteiger partial charge is 0.410 e. The molecule has 0 atom stereocenters. The van der Waals surface area contributed by atoms with Gasteiger partial charge in [-0.05, 0) is 12.1 Å². The van der Waals surface area contributed by atoms with Crippen LogP contribution in [0.3, 0.4) is 0 Å². The van der Waals surface area contributed by atoms with Gasteiger partial charge in [-0.3, -0.25) is 0 Å². The molecule has 0 saturated carbocycles. The summed E-state index contributed by atoms with van der Waals surface area (Å²) in [5.74, 6) is 0. The number of pyridine rings is 1. The van der Waals surface area contributed by atoms with Gasteiger partial charge in [0.25, 0.3) is 5.19 Å². The number of piperazine rings is 1. The van der Waals surface area contributed by atoms with Gasteiger partial charge < -0.3 is 29.0 Å². The van der Waals surface area contributed by atoms with Crippen LogP contribution in [0.5, 0.6) is 5.19 Å². The molecule has 0 radical (unpaired) electrons.